The highest BCUT2D eigenvalue weighted by Gasteiger charge is 2.38. The summed E-state index contributed by atoms with van der Waals surface area (Å²) in [6.07, 6.45) is 4.68. The molecule has 0 radical (unpaired) electrons. The van der Waals surface area contributed by atoms with Gasteiger partial charge >= 0.3 is 0 Å². The Morgan fingerprint density at radius 3 is 2.67 bits per heavy atom. The first-order valence-electron chi connectivity index (χ1n) is 6.46. The summed E-state index contributed by atoms with van der Waals surface area (Å²) in [6, 6.07) is 5.89. The van der Waals surface area contributed by atoms with Gasteiger partial charge in [-0.25, -0.2) is 0 Å². The van der Waals surface area contributed by atoms with Gasteiger partial charge in [0.05, 0.1) is 5.60 Å². The van der Waals surface area contributed by atoms with Crippen LogP contribution in [0.5, 0.6) is 0 Å². The van der Waals surface area contributed by atoms with Crippen LogP contribution in [0.3, 0.4) is 0 Å². The summed E-state index contributed by atoms with van der Waals surface area (Å²) >= 11 is 9.65. The molecule has 1 fully saturated rings. The molecule has 0 aliphatic heterocycles. The van der Waals surface area contributed by atoms with Crippen LogP contribution in [0.15, 0.2) is 22.7 Å². The van der Waals surface area contributed by atoms with Crippen LogP contribution in [-0.4, -0.2) is 10.7 Å². The molecule has 3 heteroatoms. The van der Waals surface area contributed by atoms with Gasteiger partial charge in [-0.15, -0.1) is 0 Å². The fraction of sp³-hybridized carbons (Fsp3) is 0.600. The average Bonchev–Trinajstić information content (AvgIpc) is 2.20. The highest BCUT2D eigenvalue weighted by atomic mass is 79.9. The highest BCUT2D eigenvalue weighted by molar-refractivity contribution is 9.10. The lowest BCUT2D eigenvalue weighted by molar-refractivity contribution is -0.0381. The van der Waals surface area contributed by atoms with E-state index in [9.17, 15) is 5.11 Å². The monoisotopic (exact) mass is 330 g/mol. The van der Waals surface area contributed by atoms with Crippen molar-refractivity contribution in [1.82, 2.24) is 0 Å². The molecule has 1 saturated carbocycles. The maximum atomic E-state index is 10.8. The molecule has 1 aromatic rings. The number of rotatable bonds is 2. The number of aliphatic hydroxyl groups is 1. The van der Waals surface area contributed by atoms with E-state index in [0.717, 1.165) is 34.3 Å². The van der Waals surface area contributed by atoms with Gasteiger partial charge in [-0.3, -0.25) is 0 Å². The molecule has 0 amide bonds. The van der Waals surface area contributed by atoms with Gasteiger partial charge in [0.15, 0.2) is 0 Å². The topological polar surface area (TPSA) is 20.2 Å². The third-order valence-corrected chi connectivity index (χ3v) is 4.68. The van der Waals surface area contributed by atoms with E-state index in [1.807, 2.05) is 18.2 Å². The van der Waals surface area contributed by atoms with E-state index in [2.05, 4.69) is 29.8 Å². The maximum Gasteiger partial charge on any atom is 0.0693 e. The van der Waals surface area contributed by atoms with Gasteiger partial charge in [0.1, 0.15) is 0 Å². The van der Waals surface area contributed by atoms with E-state index < -0.39 is 5.60 Å². The van der Waals surface area contributed by atoms with Crippen molar-refractivity contribution in [3.05, 3.63) is 33.3 Å². The molecule has 1 aliphatic rings. The summed E-state index contributed by atoms with van der Waals surface area (Å²) in [5.41, 5.74) is 0.675. The van der Waals surface area contributed by atoms with Crippen molar-refractivity contribution in [1.29, 1.82) is 0 Å². The van der Waals surface area contributed by atoms with Crippen LogP contribution in [0.1, 0.15) is 45.1 Å². The quantitative estimate of drug-likeness (QED) is 0.810. The Kier molecular flexibility index (Phi) is 4.10. The summed E-state index contributed by atoms with van der Waals surface area (Å²) in [4.78, 5) is 0. The minimum absolute atomic E-state index is 0.231. The molecule has 0 bridgehead atoms. The molecule has 1 N–H and O–H groups in total. The SMILES string of the molecule is CC1(C)CCCC(O)(Cc2ccc(Br)cc2Cl)C1. The lowest BCUT2D eigenvalue weighted by Gasteiger charge is -2.41. The number of hydrogen-bond donors (Lipinski definition) is 1. The molecule has 1 aliphatic carbocycles. The second-order valence-corrected chi connectivity index (χ2v) is 7.65. The zero-order chi connectivity index (χ0) is 13.4. The van der Waals surface area contributed by atoms with Crippen LogP contribution >= 0.6 is 27.5 Å². The summed E-state index contributed by atoms with van der Waals surface area (Å²) in [5.74, 6) is 0. The van der Waals surface area contributed by atoms with Crippen molar-refractivity contribution in [2.75, 3.05) is 0 Å². The maximum absolute atomic E-state index is 10.8. The van der Waals surface area contributed by atoms with Crippen molar-refractivity contribution in [3.63, 3.8) is 0 Å². The summed E-state index contributed by atoms with van der Waals surface area (Å²) < 4.78 is 0.979. The standard InChI is InChI=1S/C15H20BrClO/c1-14(2)6-3-7-15(18,10-14)9-11-4-5-12(16)8-13(11)17/h4-5,8,18H,3,6-7,9-10H2,1-2H3. The van der Waals surface area contributed by atoms with Crippen LogP contribution < -0.4 is 0 Å². The van der Waals surface area contributed by atoms with Gasteiger partial charge in [-0.05, 0) is 42.4 Å². The van der Waals surface area contributed by atoms with Crippen molar-refractivity contribution in [2.24, 2.45) is 5.41 Å². The molecule has 0 heterocycles. The van der Waals surface area contributed by atoms with Crippen LogP contribution in [0.25, 0.3) is 0 Å². The number of halogens is 2. The Balaban J connectivity index is 2.17. The van der Waals surface area contributed by atoms with Gasteiger partial charge in [0.2, 0.25) is 0 Å². The predicted molar refractivity (Wildman–Crippen MR) is 80.1 cm³/mol. The molecular weight excluding hydrogens is 312 g/mol. The Morgan fingerprint density at radius 1 is 1.33 bits per heavy atom. The Morgan fingerprint density at radius 2 is 2.06 bits per heavy atom. The first-order valence-corrected chi connectivity index (χ1v) is 7.63. The fourth-order valence-electron chi connectivity index (χ4n) is 3.13. The van der Waals surface area contributed by atoms with Crippen LogP contribution in [-0.2, 0) is 6.42 Å². The molecule has 0 saturated heterocycles. The predicted octanol–water partition coefficient (Wildman–Crippen LogP) is 4.98. The summed E-state index contributed by atoms with van der Waals surface area (Å²) in [6.45, 7) is 4.47. The van der Waals surface area contributed by atoms with Gasteiger partial charge in [0, 0.05) is 15.9 Å². The molecule has 2 rings (SSSR count). The third kappa shape index (κ3) is 3.49. The number of benzene rings is 1. The lowest BCUT2D eigenvalue weighted by atomic mass is 9.68. The van der Waals surface area contributed by atoms with E-state index in [-0.39, 0.29) is 5.41 Å². The normalized spacial score (nSPS) is 27.2. The van der Waals surface area contributed by atoms with Crippen LogP contribution in [0.2, 0.25) is 5.02 Å². The highest BCUT2D eigenvalue weighted by Crippen LogP contribution is 2.43. The molecular formula is C15H20BrClO. The van der Waals surface area contributed by atoms with Crippen molar-refractivity contribution in [3.8, 4) is 0 Å². The largest absolute Gasteiger partial charge is 0.390 e. The van der Waals surface area contributed by atoms with Crippen LogP contribution in [0.4, 0.5) is 0 Å². The zero-order valence-electron chi connectivity index (χ0n) is 11.0. The van der Waals surface area contributed by atoms with E-state index in [4.69, 9.17) is 11.6 Å². The van der Waals surface area contributed by atoms with Crippen LogP contribution in [0, 0.1) is 5.41 Å². The minimum atomic E-state index is -0.598. The van der Waals surface area contributed by atoms with E-state index >= 15 is 0 Å². The van der Waals surface area contributed by atoms with Gasteiger partial charge < -0.3 is 5.11 Å². The van der Waals surface area contributed by atoms with Gasteiger partial charge in [0.25, 0.3) is 0 Å². The van der Waals surface area contributed by atoms with Gasteiger partial charge in [-0.2, -0.15) is 0 Å². The second-order valence-electron chi connectivity index (χ2n) is 6.33. The molecule has 18 heavy (non-hydrogen) atoms. The Labute approximate surface area is 123 Å². The zero-order valence-corrected chi connectivity index (χ0v) is 13.3. The molecule has 1 atom stereocenters. The van der Waals surface area contributed by atoms with Crippen molar-refractivity contribution >= 4 is 27.5 Å². The summed E-state index contributed by atoms with van der Waals surface area (Å²) in [5, 5.41) is 11.5. The molecule has 1 aromatic carbocycles. The third-order valence-electron chi connectivity index (χ3n) is 3.84. The number of hydrogen-bond acceptors (Lipinski definition) is 1. The van der Waals surface area contributed by atoms with E-state index in [1.165, 1.54) is 6.42 Å². The molecule has 100 valence electrons. The first kappa shape index (κ1) is 14.4. The van der Waals surface area contributed by atoms with Crippen molar-refractivity contribution in [2.45, 2.75) is 51.6 Å². The lowest BCUT2D eigenvalue weighted by Crippen LogP contribution is -2.40. The minimum Gasteiger partial charge on any atom is -0.390 e. The molecule has 0 spiro atoms. The average molecular weight is 332 g/mol. The van der Waals surface area contributed by atoms with E-state index in [0.29, 0.717) is 6.42 Å². The van der Waals surface area contributed by atoms with Gasteiger partial charge in [-0.1, -0.05) is 53.9 Å². The summed E-state index contributed by atoms with van der Waals surface area (Å²) in [7, 11) is 0. The fourth-order valence-corrected chi connectivity index (χ4v) is 3.87. The molecule has 1 nitrogen and oxygen atoms in total. The second kappa shape index (κ2) is 5.15. The smallest absolute Gasteiger partial charge is 0.0693 e. The van der Waals surface area contributed by atoms with E-state index in [1.54, 1.807) is 0 Å². The Bertz CT molecular complexity index is 444. The Hall–Kier alpha value is -0.0500. The molecule has 1 unspecified atom stereocenters. The first-order chi connectivity index (χ1) is 8.30. The van der Waals surface area contributed by atoms with Crippen molar-refractivity contribution < 1.29 is 5.11 Å². The molecule has 0 aromatic heterocycles.